The molecule has 5 nitrogen and oxygen atoms in total. The molecule has 1 aliphatic heterocycles. The van der Waals surface area contributed by atoms with Crippen molar-refractivity contribution in [2.45, 2.75) is 39.1 Å². The molecule has 1 aliphatic rings. The second kappa shape index (κ2) is 9.49. The summed E-state index contributed by atoms with van der Waals surface area (Å²) in [6.07, 6.45) is 2.39. The highest BCUT2D eigenvalue weighted by molar-refractivity contribution is 9.10. The fourth-order valence-electron chi connectivity index (χ4n) is 3.27. The molecule has 4 rings (SSSR count). The summed E-state index contributed by atoms with van der Waals surface area (Å²) in [5.41, 5.74) is 1.81. The van der Waals surface area contributed by atoms with E-state index in [1.54, 1.807) is 6.92 Å². The van der Waals surface area contributed by atoms with Gasteiger partial charge in [0.05, 0.1) is 12.2 Å². The Morgan fingerprint density at radius 1 is 1.07 bits per heavy atom. The first-order valence-electron chi connectivity index (χ1n) is 10.0. The van der Waals surface area contributed by atoms with Gasteiger partial charge < -0.3 is 18.6 Å². The Kier molecular flexibility index (Phi) is 6.55. The average Bonchev–Trinajstić information content (AvgIpc) is 2.78. The molecule has 1 aromatic heterocycles. The van der Waals surface area contributed by atoms with E-state index >= 15 is 0 Å². The van der Waals surface area contributed by atoms with E-state index in [0.717, 1.165) is 34.9 Å². The minimum atomic E-state index is -0.408. The first kappa shape index (κ1) is 20.7. The molecule has 156 valence electrons. The second-order valence-electron chi connectivity index (χ2n) is 7.20. The second-order valence-corrected chi connectivity index (χ2v) is 8.11. The van der Waals surface area contributed by atoms with Crippen molar-refractivity contribution in [3.8, 4) is 23.0 Å². The van der Waals surface area contributed by atoms with E-state index in [9.17, 15) is 4.79 Å². The van der Waals surface area contributed by atoms with Crippen LogP contribution in [0.1, 0.15) is 30.4 Å². The summed E-state index contributed by atoms with van der Waals surface area (Å²) in [7, 11) is 0. The third-order valence-corrected chi connectivity index (χ3v) is 5.49. The lowest BCUT2D eigenvalue weighted by Crippen LogP contribution is -2.26. The monoisotopic (exact) mass is 470 g/mol. The van der Waals surface area contributed by atoms with E-state index < -0.39 is 6.29 Å². The van der Waals surface area contributed by atoms with Gasteiger partial charge in [0.2, 0.25) is 17.5 Å². The highest BCUT2D eigenvalue weighted by Gasteiger charge is 2.24. The normalized spacial score (nSPS) is 16.3. The van der Waals surface area contributed by atoms with Crippen molar-refractivity contribution in [1.82, 2.24) is 0 Å². The van der Waals surface area contributed by atoms with Crippen LogP contribution in [0.25, 0.3) is 11.3 Å². The third-order valence-electron chi connectivity index (χ3n) is 4.96. The Balaban J connectivity index is 1.72. The molecule has 0 N–H and O–H groups in total. The maximum atomic E-state index is 13.2. The van der Waals surface area contributed by atoms with Gasteiger partial charge in [0.1, 0.15) is 6.61 Å². The van der Waals surface area contributed by atoms with Crippen molar-refractivity contribution in [3.05, 3.63) is 80.4 Å². The molecule has 1 unspecified atom stereocenters. The lowest BCUT2D eigenvalue weighted by molar-refractivity contribution is -0.115. The van der Waals surface area contributed by atoms with Gasteiger partial charge in [-0.25, -0.2) is 0 Å². The molecule has 6 heteroatoms. The van der Waals surface area contributed by atoms with Crippen LogP contribution in [0.15, 0.2) is 68.3 Å². The van der Waals surface area contributed by atoms with Gasteiger partial charge in [-0.2, -0.15) is 0 Å². The van der Waals surface area contributed by atoms with Crippen LogP contribution in [-0.4, -0.2) is 12.9 Å². The van der Waals surface area contributed by atoms with E-state index in [4.69, 9.17) is 18.6 Å². The molecule has 1 fully saturated rings. The van der Waals surface area contributed by atoms with Gasteiger partial charge >= 0.3 is 0 Å². The zero-order valence-corrected chi connectivity index (χ0v) is 18.3. The SMILES string of the molecule is Cc1c(OC2CCCCO2)oc(-c2ccc(Br)cc2)c(OCc2ccccc2)c1=O. The minimum absolute atomic E-state index is 0.176. The fourth-order valence-corrected chi connectivity index (χ4v) is 3.53. The lowest BCUT2D eigenvalue weighted by atomic mass is 10.1. The quantitative estimate of drug-likeness (QED) is 0.451. The van der Waals surface area contributed by atoms with Crippen LogP contribution in [0.2, 0.25) is 0 Å². The summed E-state index contributed by atoms with van der Waals surface area (Å²) in [5, 5.41) is 0. The zero-order chi connectivity index (χ0) is 20.9. The van der Waals surface area contributed by atoms with Crippen molar-refractivity contribution in [2.24, 2.45) is 0 Å². The average molecular weight is 471 g/mol. The molecule has 0 bridgehead atoms. The zero-order valence-electron chi connectivity index (χ0n) is 16.7. The third kappa shape index (κ3) is 4.77. The highest BCUT2D eigenvalue weighted by Crippen LogP contribution is 2.34. The van der Waals surface area contributed by atoms with Crippen molar-refractivity contribution in [3.63, 3.8) is 0 Å². The Bertz CT molecular complexity index is 1040. The van der Waals surface area contributed by atoms with Gasteiger partial charge in [-0.1, -0.05) is 46.3 Å². The predicted molar refractivity (Wildman–Crippen MR) is 118 cm³/mol. The van der Waals surface area contributed by atoms with Crippen LogP contribution in [0.4, 0.5) is 0 Å². The van der Waals surface area contributed by atoms with Gasteiger partial charge in [0, 0.05) is 16.5 Å². The van der Waals surface area contributed by atoms with Gasteiger partial charge in [-0.15, -0.1) is 0 Å². The van der Waals surface area contributed by atoms with Crippen LogP contribution in [0, 0.1) is 6.92 Å². The Morgan fingerprint density at radius 3 is 2.53 bits per heavy atom. The molecule has 0 radical (unpaired) electrons. The summed E-state index contributed by atoms with van der Waals surface area (Å²) in [4.78, 5) is 13.2. The van der Waals surface area contributed by atoms with Crippen molar-refractivity contribution < 1.29 is 18.6 Å². The number of halogens is 1. The summed E-state index contributed by atoms with van der Waals surface area (Å²) >= 11 is 3.44. The molecule has 0 saturated carbocycles. The molecular weight excluding hydrogens is 448 g/mol. The number of benzene rings is 2. The number of rotatable bonds is 6. The van der Waals surface area contributed by atoms with Gasteiger partial charge in [0.15, 0.2) is 5.76 Å². The van der Waals surface area contributed by atoms with Crippen molar-refractivity contribution in [1.29, 1.82) is 0 Å². The van der Waals surface area contributed by atoms with Crippen molar-refractivity contribution in [2.75, 3.05) is 6.61 Å². The first-order chi connectivity index (χ1) is 14.6. The standard InChI is InChI=1S/C24H23BrO5/c1-16-21(26)23(28-15-17-7-3-2-4-8-17)22(18-10-12-19(25)13-11-18)30-24(16)29-20-9-5-6-14-27-20/h2-4,7-8,10-13,20H,5-6,9,14-15H2,1H3. The van der Waals surface area contributed by atoms with E-state index in [0.29, 0.717) is 17.9 Å². The van der Waals surface area contributed by atoms with E-state index in [2.05, 4.69) is 15.9 Å². The lowest BCUT2D eigenvalue weighted by Gasteiger charge is -2.23. The van der Waals surface area contributed by atoms with E-state index in [-0.39, 0.29) is 23.7 Å². The number of hydrogen-bond acceptors (Lipinski definition) is 5. The summed E-state index contributed by atoms with van der Waals surface area (Å²) in [6, 6.07) is 17.2. The maximum Gasteiger partial charge on any atom is 0.294 e. The van der Waals surface area contributed by atoms with Crippen LogP contribution in [-0.2, 0) is 11.3 Å². The molecular formula is C24H23BrO5. The molecule has 3 aromatic rings. The highest BCUT2D eigenvalue weighted by atomic mass is 79.9. The topological polar surface area (TPSA) is 57.9 Å². The van der Waals surface area contributed by atoms with Crippen molar-refractivity contribution >= 4 is 15.9 Å². The molecule has 0 aliphatic carbocycles. The van der Waals surface area contributed by atoms with Crippen LogP contribution in [0.5, 0.6) is 11.7 Å². The fraction of sp³-hybridized carbons (Fsp3) is 0.292. The Labute approximate surface area is 183 Å². The van der Waals surface area contributed by atoms with Gasteiger partial charge in [0.25, 0.3) is 5.95 Å². The van der Waals surface area contributed by atoms with Crippen LogP contribution < -0.4 is 14.9 Å². The molecule has 30 heavy (non-hydrogen) atoms. The molecule has 0 amide bonds. The van der Waals surface area contributed by atoms with Crippen LogP contribution in [0.3, 0.4) is 0 Å². The van der Waals surface area contributed by atoms with E-state index in [1.807, 2.05) is 54.6 Å². The molecule has 2 aromatic carbocycles. The smallest absolute Gasteiger partial charge is 0.294 e. The molecule has 1 saturated heterocycles. The van der Waals surface area contributed by atoms with Crippen LogP contribution >= 0.6 is 15.9 Å². The van der Waals surface area contributed by atoms with Gasteiger partial charge in [-0.05, 0) is 49.6 Å². The summed E-state index contributed by atoms with van der Waals surface area (Å²) in [5.74, 6) is 0.701. The molecule has 0 spiro atoms. The Morgan fingerprint density at radius 2 is 1.83 bits per heavy atom. The maximum absolute atomic E-state index is 13.2. The number of hydrogen-bond donors (Lipinski definition) is 0. The summed E-state index contributed by atoms with van der Waals surface area (Å²) in [6.45, 7) is 2.59. The summed E-state index contributed by atoms with van der Waals surface area (Å²) < 4.78 is 24.6. The first-order valence-corrected chi connectivity index (χ1v) is 10.8. The molecule has 1 atom stereocenters. The Hall–Kier alpha value is -2.57. The number of ether oxygens (including phenoxy) is 3. The molecule has 2 heterocycles. The predicted octanol–water partition coefficient (Wildman–Crippen LogP) is 5.86. The largest absolute Gasteiger partial charge is 0.481 e. The minimum Gasteiger partial charge on any atom is -0.481 e. The van der Waals surface area contributed by atoms with E-state index in [1.165, 1.54) is 0 Å². The van der Waals surface area contributed by atoms with Gasteiger partial charge in [-0.3, -0.25) is 4.79 Å².